The Morgan fingerprint density at radius 2 is 2.00 bits per heavy atom. The van der Waals surface area contributed by atoms with E-state index in [0.717, 1.165) is 25.9 Å². The highest BCUT2D eigenvalue weighted by atomic mass is 28.4. The maximum absolute atomic E-state index is 11.7. The predicted octanol–water partition coefficient (Wildman–Crippen LogP) is 5.55. The lowest BCUT2D eigenvalue weighted by atomic mass is 9.93. The Morgan fingerprint density at radius 1 is 1.28 bits per heavy atom. The third-order valence-electron chi connectivity index (χ3n) is 7.18. The molecule has 0 amide bonds. The smallest absolute Gasteiger partial charge is 0.333 e. The van der Waals surface area contributed by atoms with E-state index in [4.69, 9.17) is 18.6 Å². The molecule has 1 unspecified atom stereocenters. The summed E-state index contributed by atoms with van der Waals surface area (Å²) in [6.07, 6.45) is 8.22. The van der Waals surface area contributed by atoms with E-state index >= 15 is 0 Å². The zero-order valence-corrected chi connectivity index (χ0v) is 21.8. The Bertz CT molecular complexity index is 635. The molecule has 2 aliphatic rings. The topological polar surface area (TPSA) is 74.2 Å². The van der Waals surface area contributed by atoms with E-state index in [2.05, 4.69) is 46.5 Å². The van der Waals surface area contributed by atoms with Gasteiger partial charge in [0.25, 0.3) is 0 Å². The summed E-state index contributed by atoms with van der Waals surface area (Å²) in [5.41, 5.74) is 0. The molecule has 1 heterocycles. The van der Waals surface area contributed by atoms with Gasteiger partial charge in [0.2, 0.25) is 0 Å². The Morgan fingerprint density at radius 3 is 2.53 bits per heavy atom. The fourth-order valence-electron chi connectivity index (χ4n) is 4.21. The molecule has 7 heteroatoms. The van der Waals surface area contributed by atoms with Crippen LogP contribution in [0, 0.1) is 11.8 Å². The molecule has 1 aliphatic carbocycles. The first-order valence-corrected chi connectivity index (χ1v) is 14.9. The minimum Gasteiger partial charge on any atom is -0.479 e. The maximum atomic E-state index is 11.7. The number of carboxylic acid groups (broad SMARTS) is 1. The average Bonchev–Trinajstić information content (AvgIpc) is 3.02. The van der Waals surface area contributed by atoms with Crippen molar-refractivity contribution in [3.05, 3.63) is 24.8 Å². The van der Waals surface area contributed by atoms with Crippen LogP contribution in [0.25, 0.3) is 0 Å². The molecule has 1 aliphatic heterocycles. The van der Waals surface area contributed by atoms with E-state index < -0.39 is 20.4 Å². The van der Waals surface area contributed by atoms with E-state index in [1.165, 1.54) is 0 Å². The van der Waals surface area contributed by atoms with Gasteiger partial charge < -0.3 is 23.7 Å². The summed E-state index contributed by atoms with van der Waals surface area (Å²) in [7, 11) is -1.95. The van der Waals surface area contributed by atoms with Gasteiger partial charge in [-0.1, -0.05) is 39.0 Å². The standard InChI is InChI=1S/C25H44O6Si/c1-8-12-18-19(17-29-32(6,7)25(3,4)5)22(31-23-14-10-11-15-28-23)16-21(18)30-20(13-9-2)24(26)27/h8-9,12,18-23H,2,10-11,13-17H2,1,3-7H3,(H,26,27)/b12-8-/t18-,19-,20+,21+,22-,23?/m1/s1. The second kappa shape index (κ2) is 11.9. The van der Waals surface area contributed by atoms with Crippen LogP contribution in [0.1, 0.15) is 59.8 Å². The van der Waals surface area contributed by atoms with Crippen LogP contribution in [0.2, 0.25) is 18.1 Å². The summed E-state index contributed by atoms with van der Waals surface area (Å²) in [6, 6.07) is 0. The molecule has 2 rings (SSSR count). The number of hydrogen-bond donors (Lipinski definition) is 1. The number of allylic oxidation sites excluding steroid dienone is 1. The van der Waals surface area contributed by atoms with Gasteiger partial charge in [-0.25, -0.2) is 4.79 Å². The fraction of sp³-hybridized carbons (Fsp3) is 0.800. The molecule has 0 bridgehead atoms. The van der Waals surface area contributed by atoms with E-state index in [0.29, 0.717) is 13.0 Å². The maximum Gasteiger partial charge on any atom is 0.333 e. The normalized spacial score (nSPS) is 30.5. The molecule has 0 aromatic carbocycles. The van der Waals surface area contributed by atoms with E-state index in [9.17, 15) is 9.90 Å². The number of hydrogen-bond acceptors (Lipinski definition) is 5. The summed E-state index contributed by atoms with van der Waals surface area (Å²) < 4.78 is 25.1. The van der Waals surface area contributed by atoms with Crippen molar-refractivity contribution in [2.45, 2.75) is 103 Å². The van der Waals surface area contributed by atoms with Crippen molar-refractivity contribution in [1.82, 2.24) is 0 Å². The molecular weight excluding hydrogens is 424 g/mol. The zero-order chi connectivity index (χ0) is 23.9. The van der Waals surface area contributed by atoms with Crippen molar-refractivity contribution >= 4 is 14.3 Å². The number of carboxylic acids is 1. The Balaban J connectivity index is 2.24. The molecule has 0 aromatic heterocycles. The van der Waals surface area contributed by atoms with Crippen LogP contribution < -0.4 is 0 Å². The first-order chi connectivity index (χ1) is 15.0. The molecule has 0 spiro atoms. The summed E-state index contributed by atoms with van der Waals surface area (Å²) in [4.78, 5) is 11.7. The molecule has 1 N–H and O–H groups in total. The number of aliphatic carboxylic acids is 1. The van der Waals surface area contributed by atoms with Gasteiger partial charge in [0.1, 0.15) is 0 Å². The fourth-order valence-corrected chi connectivity index (χ4v) is 5.25. The SMILES string of the molecule is C=CC[C@H](O[C@H]1C[C@@H](OC2CCCCO2)[C@H](CO[Si](C)(C)C(C)(C)C)[C@H]1/C=C\C)C(=O)O. The molecule has 1 saturated heterocycles. The lowest BCUT2D eigenvalue weighted by molar-refractivity contribution is -0.198. The van der Waals surface area contributed by atoms with Crippen molar-refractivity contribution in [1.29, 1.82) is 0 Å². The average molecular weight is 469 g/mol. The van der Waals surface area contributed by atoms with Crippen LogP contribution in [0.3, 0.4) is 0 Å². The lowest BCUT2D eigenvalue weighted by Crippen LogP contribution is -2.44. The highest BCUT2D eigenvalue weighted by Crippen LogP contribution is 2.42. The second-order valence-electron chi connectivity index (χ2n) is 10.6. The van der Waals surface area contributed by atoms with E-state index in [1.807, 2.05) is 13.0 Å². The quantitative estimate of drug-likeness (QED) is 0.317. The molecule has 1 saturated carbocycles. The molecule has 184 valence electrons. The predicted molar refractivity (Wildman–Crippen MR) is 129 cm³/mol. The van der Waals surface area contributed by atoms with Crippen LogP contribution >= 0.6 is 0 Å². The second-order valence-corrected chi connectivity index (χ2v) is 15.4. The number of ether oxygens (including phenoxy) is 3. The molecule has 2 fully saturated rings. The van der Waals surface area contributed by atoms with E-state index in [1.54, 1.807) is 6.08 Å². The van der Waals surface area contributed by atoms with Crippen molar-refractivity contribution in [2.24, 2.45) is 11.8 Å². The van der Waals surface area contributed by atoms with Gasteiger partial charge >= 0.3 is 5.97 Å². The van der Waals surface area contributed by atoms with Crippen molar-refractivity contribution < 1.29 is 28.5 Å². The third-order valence-corrected chi connectivity index (χ3v) is 11.7. The minimum absolute atomic E-state index is 0.0185. The minimum atomic E-state index is -1.95. The number of rotatable bonds is 11. The van der Waals surface area contributed by atoms with E-state index in [-0.39, 0.29) is 41.8 Å². The van der Waals surface area contributed by atoms with Crippen molar-refractivity contribution in [3.63, 3.8) is 0 Å². The molecular formula is C25H44O6Si. The highest BCUT2D eigenvalue weighted by Gasteiger charge is 2.47. The monoisotopic (exact) mass is 468 g/mol. The van der Waals surface area contributed by atoms with Crippen LogP contribution in [0.15, 0.2) is 24.8 Å². The van der Waals surface area contributed by atoms with Gasteiger partial charge in [0, 0.05) is 37.9 Å². The van der Waals surface area contributed by atoms with Gasteiger partial charge in [-0.05, 0) is 44.3 Å². The Kier molecular flexibility index (Phi) is 10.2. The highest BCUT2D eigenvalue weighted by molar-refractivity contribution is 6.74. The van der Waals surface area contributed by atoms with Crippen LogP contribution in [-0.2, 0) is 23.4 Å². The number of carbonyl (C=O) groups is 1. The molecule has 0 radical (unpaired) electrons. The van der Waals surface area contributed by atoms with Crippen LogP contribution in [0.4, 0.5) is 0 Å². The van der Waals surface area contributed by atoms with Gasteiger partial charge in [0.15, 0.2) is 20.7 Å². The first kappa shape index (κ1) is 27.3. The molecule has 0 aromatic rings. The lowest BCUT2D eigenvalue weighted by Gasteiger charge is -2.38. The van der Waals surface area contributed by atoms with Crippen molar-refractivity contribution in [2.75, 3.05) is 13.2 Å². The molecule has 32 heavy (non-hydrogen) atoms. The van der Waals surface area contributed by atoms with Gasteiger partial charge in [-0.2, -0.15) is 0 Å². The zero-order valence-electron chi connectivity index (χ0n) is 20.8. The summed E-state index contributed by atoms with van der Waals surface area (Å²) in [6.45, 7) is 18.2. The Labute approximate surface area is 195 Å². The van der Waals surface area contributed by atoms with Crippen LogP contribution in [0.5, 0.6) is 0 Å². The van der Waals surface area contributed by atoms with Gasteiger partial charge in [0.05, 0.1) is 12.2 Å². The summed E-state index contributed by atoms with van der Waals surface area (Å²) in [5.74, 6) is -0.864. The third kappa shape index (κ3) is 7.25. The summed E-state index contributed by atoms with van der Waals surface area (Å²) in [5, 5.41) is 9.72. The van der Waals surface area contributed by atoms with Crippen molar-refractivity contribution in [3.8, 4) is 0 Å². The molecule has 6 atom stereocenters. The van der Waals surface area contributed by atoms with Crippen LogP contribution in [-0.4, -0.2) is 57.2 Å². The van der Waals surface area contributed by atoms with Gasteiger partial charge in [-0.3, -0.25) is 0 Å². The largest absolute Gasteiger partial charge is 0.479 e. The first-order valence-electron chi connectivity index (χ1n) is 12.0. The Hall–Kier alpha value is -0.993. The molecule has 6 nitrogen and oxygen atoms in total. The summed E-state index contributed by atoms with van der Waals surface area (Å²) >= 11 is 0. The van der Waals surface area contributed by atoms with Gasteiger partial charge in [-0.15, -0.1) is 6.58 Å².